The van der Waals surface area contributed by atoms with E-state index in [2.05, 4.69) is 6.07 Å². The number of hydrogen-bond donors (Lipinski definition) is 0. The molecule has 0 N–H and O–H groups in total. The minimum absolute atomic E-state index is 0.0111. The van der Waals surface area contributed by atoms with Gasteiger partial charge in [-0.05, 0) is 54.9 Å². The molecule has 0 fully saturated rings. The average molecular weight is 444 g/mol. The van der Waals surface area contributed by atoms with E-state index in [1.54, 1.807) is 12.1 Å². The van der Waals surface area contributed by atoms with Gasteiger partial charge in [-0.25, -0.2) is 4.98 Å². The van der Waals surface area contributed by atoms with Crippen LogP contribution in [0.15, 0.2) is 84.1 Å². The summed E-state index contributed by atoms with van der Waals surface area (Å²) in [6, 6.07) is 22.0. The summed E-state index contributed by atoms with van der Waals surface area (Å²) < 4.78 is 1.92. The number of carbonyl (C=O) groups excluding carboxylic acids is 1. The van der Waals surface area contributed by atoms with Gasteiger partial charge in [-0.1, -0.05) is 48.0 Å². The SMILES string of the molecule is Cc1ccc(-n2cc(-c3ccc([N+](=O)[O-])cc3)nc2SC(=O)Cc2ccccc2)c(C)c1. The number of carbonyl (C=O) groups is 1. The van der Waals surface area contributed by atoms with Crippen LogP contribution in [0.25, 0.3) is 16.9 Å². The van der Waals surface area contributed by atoms with Gasteiger partial charge in [0.15, 0.2) is 5.16 Å². The van der Waals surface area contributed by atoms with Gasteiger partial charge in [-0.3, -0.25) is 19.5 Å². The summed E-state index contributed by atoms with van der Waals surface area (Å²) in [6.07, 6.45) is 2.18. The fraction of sp³-hybridized carbons (Fsp3) is 0.120. The third kappa shape index (κ3) is 4.78. The average Bonchev–Trinajstić information content (AvgIpc) is 3.17. The van der Waals surface area contributed by atoms with E-state index in [1.165, 1.54) is 12.1 Å². The number of nitro benzene ring substituents is 1. The van der Waals surface area contributed by atoms with Crippen molar-refractivity contribution in [2.75, 3.05) is 0 Å². The predicted molar refractivity (Wildman–Crippen MR) is 126 cm³/mol. The molecule has 32 heavy (non-hydrogen) atoms. The minimum atomic E-state index is -0.429. The van der Waals surface area contributed by atoms with Crippen LogP contribution in [0, 0.1) is 24.0 Å². The lowest BCUT2D eigenvalue weighted by atomic mass is 10.1. The van der Waals surface area contributed by atoms with E-state index in [-0.39, 0.29) is 10.8 Å². The molecule has 7 heteroatoms. The summed E-state index contributed by atoms with van der Waals surface area (Å²) in [6.45, 7) is 4.06. The van der Waals surface area contributed by atoms with E-state index < -0.39 is 4.92 Å². The van der Waals surface area contributed by atoms with Crippen molar-refractivity contribution in [2.45, 2.75) is 25.4 Å². The van der Waals surface area contributed by atoms with Crippen LogP contribution in [-0.4, -0.2) is 19.6 Å². The number of aryl methyl sites for hydroxylation is 2. The number of rotatable bonds is 6. The predicted octanol–water partition coefficient (Wildman–Crippen LogP) is 5.93. The molecule has 160 valence electrons. The molecule has 3 aromatic carbocycles. The van der Waals surface area contributed by atoms with Gasteiger partial charge in [-0.2, -0.15) is 0 Å². The molecule has 0 radical (unpaired) electrons. The Morgan fingerprint density at radius 1 is 1.03 bits per heavy atom. The highest BCUT2D eigenvalue weighted by Crippen LogP contribution is 2.30. The number of nitro groups is 1. The Morgan fingerprint density at radius 2 is 1.75 bits per heavy atom. The van der Waals surface area contributed by atoms with Crippen molar-refractivity contribution in [3.8, 4) is 16.9 Å². The van der Waals surface area contributed by atoms with Crippen molar-refractivity contribution < 1.29 is 9.72 Å². The Morgan fingerprint density at radius 3 is 2.41 bits per heavy atom. The van der Waals surface area contributed by atoms with E-state index in [4.69, 9.17) is 4.98 Å². The van der Waals surface area contributed by atoms with Gasteiger partial charge < -0.3 is 0 Å². The number of benzene rings is 3. The number of hydrogen-bond acceptors (Lipinski definition) is 5. The van der Waals surface area contributed by atoms with Gasteiger partial charge in [0, 0.05) is 30.3 Å². The van der Waals surface area contributed by atoms with Crippen molar-refractivity contribution in [3.05, 3.63) is 106 Å². The summed E-state index contributed by atoms with van der Waals surface area (Å²) in [7, 11) is 0. The molecule has 1 aromatic heterocycles. The lowest BCUT2D eigenvalue weighted by Gasteiger charge is -2.10. The topological polar surface area (TPSA) is 78.0 Å². The van der Waals surface area contributed by atoms with Gasteiger partial charge in [0.05, 0.1) is 16.3 Å². The molecular formula is C25H21N3O3S. The zero-order chi connectivity index (χ0) is 22.7. The standard InChI is InChI=1S/C25H21N3O3S/c1-17-8-13-23(18(2)14-17)27-16-22(20-9-11-21(12-10-20)28(30)31)26-25(27)32-24(29)15-19-6-4-3-5-7-19/h3-14,16H,15H2,1-2H3. The second kappa shape index (κ2) is 9.20. The second-order valence-corrected chi connectivity index (χ2v) is 8.53. The lowest BCUT2D eigenvalue weighted by molar-refractivity contribution is -0.384. The molecule has 4 aromatic rings. The Kier molecular flexibility index (Phi) is 6.18. The quantitative estimate of drug-likeness (QED) is 0.210. The van der Waals surface area contributed by atoms with Gasteiger partial charge in [0.2, 0.25) is 5.12 Å². The van der Waals surface area contributed by atoms with Crippen molar-refractivity contribution in [3.63, 3.8) is 0 Å². The minimum Gasteiger partial charge on any atom is -0.294 e. The van der Waals surface area contributed by atoms with E-state index in [0.29, 0.717) is 17.3 Å². The Labute approximate surface area is 190 Å². The van der Waals surface area contributed by atoms with Crippen LogP contribution in [0.3, 0.4) is 0 Å². The van der Waals surface area contributed by atoms with Crippen molar-refractivity contribution >= 4 is 22.6 Å². The molecule has 0 spiro atoms. The molecular weight excluding hydrogens is 422 g/mol. The summed E-state index contributed by atoms with van der Waals surface area (Å²) >= 11 is 1.10. The van der Waals surface area contributed by atoms with Crippen LogP contribution in [0.4, 0.5) is 5.69 Å². The normalized spacial score (nSPS) is 10.8. The molecule has 0 aliphatic heterocycles. The Hall–Kier alpha value is -3.71. The third-order valence-corrected chi connectivity index (χ3v) is 5.90. The van der Waals surface area contributed by atoms with Crippen molar-refractivity contribution in [2.24, 2.45) is 0 Å². The fourth-order valence-corrected chi connectivity index (χ4v) is 4.31. The number of thioether (sulfide) groups is 1. The molecule has 6 nitrogen and oxygen atoms in total. The second-order valence-electron chi connectivity index (χ2n) is 7.51. The first-order chi connectivity index (χ1) is 15.4. The monoisotopic (exact) mass is 443 g/mol. The zero-order valence-electron chi connectivity index (χ0n) is 17.7. The molecule has 0 amide bonds. The molecule has 0 unspecified atom stereocenters. The van der Waals surface area contributed by atoms with Crippen LogP contribution < -0.4 is 0 Å². The van der Waals surface area contributed by atoms with E-state index in [0.717, 1.165) is 39.7 Å². The van der Waals surface area contributed by atoms with Gasteiger partial charge in [0.25, 0.3) is 5.69 Å². The molecule has 4 rings (SSSR count). The van der Waals surface area contributed by atoms with Crippen LogP contribution in [-0.2, 0) is 11.2 Å². The number of aromatic nitrogens is 2. The van der Waals surface area contributed by atoms with Gasteiger partial charge in [-0.15, -0.1) is 0 Å². The first kappa shape index (κ1) is 21.5. The van der Waals surface area contributed by atoms with Crippen LogP contribution >= 0.6 is 11.8 Å². The summed E-state index contributed by atoms with van der Waals surface area (Å²) in [5, 5.41) is 11.5. The summed E-state index contributed by atoms with van der Waals surface area (Å²) in [5.74, 6) is 0. The number of nitrogens with zero attached hydrogens (tertiary/aromatic N) is 3. The van der Waals surface area contributed by atoms with Crippen LogP contribution in [0.5, 0.6) is 0 Å². The van der Waals surface area contributed by atoms with E-state index in [1.807, 2.05) is 67.1 Å². The van der Waals surface area contributed by atoms with Crippen molar-refractivity contribution in [1.29, 1.82) is 0 Å². The molecule has 0 aliphatic rings. The molecule has 1 heterocycles. The maximum Gasteiger partial charge on any atom is 0.269 e. The van der Waals surface area contributed by atoms with Crippen LogP contribution in [0.2, 0.25) is 0 Å². The highest BCUT2D eigenvalue weighted by Gasteiger charge is 2.18. The molecule has 0 bridgehead atoms. The first-order valence-electron chi connectivity index (χ1n) is 10.1. The number of non-ortho nitro benzene ring substituents is 1. The summed E-state index contributed by atoms with van der Waals surface area (Å²) in [5.41, 5.74) is 5.52. The number of imidazole rings is 1. The Balaban J connectivity index is 1.71. The Bertz CT molecular complexity index is 1280. The maximum absolute atomic E-state index is 12.8. The smallest absolute Gasteiger partial charge is 0.269 e. The van der Waals surface area contributed by atoms with Crippen LogP contribution in [0.1, 0.15) is 16.7 Å². The molecule has 0 saturated heterocycles. The maximum atomic E-state index is 12.8. The highest BCUT2D eigenvalue weighted by atomic mass is 32.2. The highest BCUT2D eigenvalue weighted by molar-refractivity contribution is 8.13. The van der Waals surface area contributed by atoms with E-state index >= 15 is 0 Å². The van der Waals surface area contributed by atoms with Gasteiger partial charge in [0.1, 0.15) is 0 Å². The molecule has 0 saturated carbocycles. The fourth-order valence-electron chi connectivity index (χ4n) is 3.48. The van der Waals surface area contributed by atoms with E-state index in [9.17, 15) is 14.9 Å². The molecule has 0 atom stereocenters. The first-order valence-corrected chi connectivity index (χ1v) is 10.9. The van der Waals surface area contributed by atoms with Gasteiger partial charge >= 0.3 is 0 Å². The zero-order valence-corrected chi connectivity index (χ0v) is 18.5. The largest absolute Gasteiger partial charge is 0.294 e. The summed E-state index contributed by atoms with van der Waals surface area (Å²) in [4.78, 5) is 28.1. The van der Waals surface area contributed by atoms with Crippen molar-refractivity contribution in [1.82, 2.24) is 9.55 Å². The third-order valence-electron chi connectivity index (χ3n) is 5.06. The lowest BCUT2D eigenvalue weighted by Crippen LogP contribution is -2.03. The molecule has 0 aliphatic carbocycles.